The molecule has 2 heterocycles. The van der Waals surface area contributed by atoms with Gasteiger partial charge in [-0.3, -0.25) is 0 Å². The zero-order valence-electron chi connectivity index (χ0n) is 11.4. The molecule has 0 atom stereocenters. The zero-order valence-corrected chi connectivity index (χ0v) is 13.8. The topological polar surface area (TPSA) is 4.93 Å². The highest BCUT2D eigenvalue weighted by Gasteiger charge is 2.19. The number of aryl methyl sites for hydroxylation is 1. The predicted octanol–water partition coefficient (Wildman–Crippen LogP) is 5.38. The zero-order chi connectivity index (χ0) is 13.2. The minimum absolute atomic E-state index is 1.18. The molecular weight excluding hydrogens is 318 g/mol. The highest BCUT2D eigenvalue weighted by Crippen LogP contribution is 2.35. The maximum atomic E-state index is 3.62. The molecule has 1 aromatic carbocycles. The van der Waals surface area contributed by atoms with Crippen LogP contribution in [0.2, 0.25) is 0 Å². The summed E-state index contributed by atoms with van der Waals surface area (Å²) < 4.78 is 3.79. The fourth-order valence-corrected chi connectivity index (χ4v) is 4.38. The molecule has 0 aliphatic carbocycles. The van der Waals surface area contributed by atoms with Gasteiger partial charge in [0.05, 0.1) is 0 Å². The molecular formula is C16H20BrNS. The molecule has 1 aromatic heterocycles. The van der Waals surface area contributed by atoms with Gasteiger partial charge in [-0.05, 0) is 42.4 Å². The number of hydrogen-bond donors (Lipinski definition) is 0. The summed E-state index contributed by atoms with van der Waals surface area (Å²) in [6.45, 7) is 3.46. The van der Waals surface area contributed by atoms with Crippen molar-refractivity contribution < 1.29 is 0 Å². The van der Waals surface area contributed by atoms with Gasteiger partial charge in [0.1, 0.15) is 0 Å². The Morgan fingerprint density at radius 3 is 3.05 bits per heavy atom. The van der Waals surface area contributed by atoms with Crippen molar-refractivity contribution in [2.75, 3.05) is 5.75 Å². The van der Waals surface area contributed by atoms with Gasteiger partial charge in [0.15, 0.2) is 0 Å². The first-order valence-corrected chi connectivity index (χ1v) is 9.13. The van der Waals surface area contributed by atoms with Crippen LogP contribution in [0.4, 0.5) is 0 Å². The molecule has 0 saturated carbocycles. The first-order chi connectivity index (χ1) is 9.31. The van der Waals surface area contributed by atoms with Crippen LogP contribution in [0.3, 0.4) is 0 Å². The van der Waals surface area contributed by atoms with E-state index in [2.05, 4.69) is 57.4 Å². The van der Waals surface area contributed by atoms with Crippen LogP contribution in [-0.2, 0) is 18.7 Å². The van der Waals surface area contributed by atoms with Gasteiger partial charge in [0.2, 0.25) is 0 Å². The van der Waals surface area contributed by atoms with Gasteiger partial charge in [-0.1, -0.05) is 35.7 Å². The standard InChI is InChI=1S/C16H20BrNS/c1-2-3-4-8-18-15-6-5-12(17)10-13(15)14-11-19-9-7-16(14)18/h5-6,10H,2-4,7-9,11H2,1H3. The summed E-state index contributed by atoms with van der Waals surface area (Å²) in [5.74, 6) is 2.46. The van der Waals surface area contributed by atoms with Crippen molar-refractivity contribution in [1.82, 2.24) is 4.57 Å². The van der Waals surface area contributed by atoms with Gasteiger partial charge in [-0.2, -0.15) is 11.8 Å². The molecule has 0 bridgehead atoms. The van der Waals surface area contributed by atoms with Gasteiger partial charge in [-0.25, -0.2) is 0 Å². The van der Waals surface area contributed by atoms with Crippen molar-refractivity contribution in [3.05, 3.63) is 33.9 Å². The van der Waals surface area contributed by atoms with Crippen LogP contribution in [0.15, 0.2) is 22.7 Å². The lowest BCUT2D eigenvalue weighted by Crippen LogP contribution is -2.08. The van der Waals surface area contributed by atoms with E-state index >= 15 is 0 Å². The second kappa shape index (κ2) is 5.92. The molecule has 19 heavy (non-hydrogen) atoms. The Bertz CT molecular complexity index is 588. The van der Waals surface area contributed by atoms with E-state index in [1.54, 1.807) is 11.3 Å². The SMILES string of the molecule is CCCCCn1c2c(c3cc(Br)ccc31)CSCC2. The average molecular weight is 338 g/mol. The molecule has 0 spiro atoms. The highest BCUT2D eigenvalue weighted by molar-refractivity contribution is 9.10. The summed E-state index contributed by atoms with van der Waals surface area (Å²) in [5, 5.41) is 1.47. The van der Waals surface area contributed by atoms with Gasteiger partial charge >= 0.3 is 0 Å². The Kier molecular flexibility index (Phi) is 4.23. The van der Waals surface area contributed by atoms with Crippen molar-refractivity contribution in [3.8, 4) is 0 Å². The molecule has 0 N–H and O–H groups in total. The van der Waals surface area contributed by atoms with Gasteiger partial charge in [0, 0.05) is 33.4 Å². The third kappa shape index (κ3) is 2.59. The van der Waals surface area contributed by atoms with Crippen molar-refractivity contribution >= 4 is 38.6 Å². The predicted molar refractivity (Wildman–Crippen MR) is 89.0 cm³/mol. The first-order valence-electron chi connectivity index (χ1n) is 7.18. The summed E-state index contributed by atoms with van der Waals surface area (Å²) >= 11 is 5.69. The van der Waals surface area contributed by atoms with E-state index in [1.165, 1.54) is 59.1 Å². The van der Waals surface area contributed by atoms with Gasteiger partial charge < -0.3 is 4.57 Å². The first kappa shape index (κ1) is 13.6. The van der Waals surface area contributed by atoms with E-state index in [0.717, 1.165) is 0 Å². The van der Waals surface area contributed by atoms with E-state index in [4.69, 9.17) is 0 Å². The monoisotopic (exact) mass is 337 g/mol. The molecule has 3 heteroatoms. The summed E-state index contributed by atoms with van der Waals surface area (Å²) in [6, 6.07) is 6.77. The normalized spacial score (nSPS) is 14.8. The number of halogens is 1. The van der Waals surface area contributed by atoms with Crippen LogP contribution in [0, 0.1) is 0 Å². The van der Waals surface area contributed by atoms with Gasteiger partial charge in [-0.15, -0.1) is 0 Å². The van der Waals surface area contributed by atoms with Crippen LogP contribution in [0.1, 0.15) is 37.4 Å². The number of rotatable bonds is 4. The van der Waals surface area contributed by atoms with Crippen LogP contribution in [0.5, 0.6) is 0 Å². The largest absolute Gasteiger partial charge is 0.344 e. The number of hydrogen-bond acceptors (Lipinski definition) is 1. The number of unbranched alkanes of at least 4 members (excludes halogenated alkanes) is 2. The average Bonchev–Trinajstić information content (AvgIpc) is 2.73. The van der Waals surface area contributed by atoms with E-state index in [9.17, 15) is 0 Å². The fourth-order valence-electron chi connectivity index (χ4n) is 3.01. The van der Waals surface area contributed by atoms with Crippen molar-refractivity contribution in [3.63, 3.8) is 0 Å². The second-order valence-electron chi connectivity index (χ2n) is 5.25. The maximum absolute atomic E-state index is 3.62. The Morgan fingerprint density at radius 2 is 2.21 bits per heavy atom. The number of aromatic nitrogens is 1. The molecule has 3 rings (SSSR count). The lowest BCUT2D eigenvalue weighted by atomic mass is 10.1. The minimum Gasteiger partial charge on any atom is -0.344 e. The third-order valence-corrected chi connectivity index (χ3v) is 5.44. The number of thioether (sulfide) groups is 1. The number of nitrogens with zero attached hydrogens (tertiary/aromatic N) is 1. The minimum atomic E-state index is 1.18. The quantitative estimate of drug-likeness (QED) is 0.677. The van der Waals surface area contributed by atoms with Crippen LogP contribution < -0.4 is 0 Å². The molecule has 1 nitrogen and oxygen atoms in total. The van der Waals surface area contributed by atoms with Crippen LogP contribution in [-0.4, -0.2) is 10.3 Å². The van der Waals surface area contributed by atoms with Gasteiger partial charge in [0.25, 0.3) is 0 Å². The fraction of sp³-hybridized carbons (Fsp3) is 0.500. The molecule has 1 aliphatic rings. The number of fused-ring (bicyclic) bond motifs is 3. The molecule has 0 saturated heterocycles. The molecule has 2 aromatic rings. The Labute approximate surface area is 127 Å². The maximum Gasteiger partial charge on any atom is 0.0486 e. The molecule has 0 amide bonds. The van der Waals surface area contributed by atoms with Crippen molar-refractivity contribution in [2.24, 2.45) is 0 Å². The summed E-state index contributed by atoms with van der Waals surface area (Å²) in [6.07, 6.45) is 5.16. The molecule has 0 radical (unpaired) electrons. The second-order valence-corrected chi connectivity index (χ2v) is 7.27. The smallest absolute Gasteiger partial charge is 0.0486 e. The van der Waals surface area contributed by atoms with Crippen molar-refractivity contribution in [2.45, 2.75) is 44.9 Å². The van der Waals surface area contributed by atoms with Crippen LogP contribution in [0.25, 0.3) is 10.9 Å². The van der Waals surface area contributed by atoms with E-state index < -0.39 is 0 Å². The lowest BCUT2D eigenvalue weighted by molar-refractivity contribution is 0.599. The molecule has 0 unspecified atom stereocenters. The summed E-state index contributed by atoms with van der Waals surface area (Å²) in [5.41, 5.74) is 4.62. The van der Waals surface area contributed by atoms with E-state index in [0.29, 0.717) is 0 Å². The Hall–Kier alpha value is -0.410. The summed E-state index contributed by atoms with van der Waals surface area (Å²) in [7, 11) is 0. The molecule has 1 aliphatic heterocycles. The van der Waals surface area contributed by atoms with Crippen LogP contribution >= 0.6 is 27.7 Å². The lowest BCUT2D eigenvalue weighted by Gasteiger charge is -2.15. The van der Waals surface area contributed by atoms with Crippen molar-refractivity contribution in [1.29, 1.82) is 0 Å². The number of benzene rings is 1. The molecule has 102 valence electrons. The highest BCUT2D eigenvalue weighted by atomic mass is 79.9. The summed E-state index contributed by atoms with van der Waals surface area (Å²) in [4.78, 5) is 0. The Balaban J connectivity index is 2.08. The Morgan fingerprint density at radius 1 is 1.32 bits per heavy atom. The third-order valence-electron chi connectivity index (χ3n) is 3.96. The molecule has 0 fully saturated rings. The van der Waals surface area contributed by atoms with E-state index in [-0.39, 0.29) is 0 Å². The van der Waals surface area contributed by atoms with E-state index in [1.807, 2.05) is 0 Å².